The summed E-state index contributed by atoms with van der Waals surface area (Å²) in [6.45, 7) is 4.23. The molecule has 3 heterocycles. The second-order valence-corrected chi connectivity index (χ2v) is 8.35. The number of thioether (sulfide) groups is 1. The fourth-order valence-electron chi connectivity index (χ4n) is 3.11. The average Bonchev–Trinajstić information content (AvgIpc) is 3.17. The lowest BCUT2D eigenvalue weighted by atomic mass is 9.97. The Labute approximate surface area is 148 Å². The molecule has 24 heavy (non-hydrogen) atoms. The number of thiophene rings is 1. The van der Waals surface area contributed by atoms with Crippen LogP contribution in [0, 0.1) is 0 Å². The zero-order valence-electron chi connectivity index (χ0n) is 13.8. The summed E-state index contributed by atoms with van der Waals surface area (Å²) in [7, 11) is 0. The van der Waals surface area contributed by atoms with Gasteiger partial charge in [-0.2, -0.15) is 0 Å². The third kappa shape index (κ3) is 2.77. The van der Waals surface area contributed by atoms with Gasteiger partial charge in [0.25, 0.3) is 0 Å². The first-order valence-electron chi connectivity index (χ1n) is 8.22. The molecule has 2 N–H and O–H groups in total. The Kier molecular flexibility index (Phi) is 4.17. The van der Waals surface area contributed by atoms with E-state index < -0.39 is 0 Å². The molecule has 0 saturated heterocycles. The van der Waals surface area contributed by atoms with Gasteiger partial charge >= 0.3 is 0 Å². The lowest BCUT2D eigenvalue weighted by Crippen LogP contribution is -2.04. The van der Waals surface area contributed by atoms with Crippen LogP contribution in [0.25, 0.3) is 10.2 Å². The first-order valence-corrected chi connectivity index (χ1v) is 10.0. The van der Waals surface area contributed by atoms with E-state index in [0.29, 0.717) is 17.6 Å². The zero-order valence-corrected chi connectivity index (χ0v) is 15.5. The molecule has 0 aliphatic heterocycles. The van der Waals surface area contributed by atoms with Crippen LogP contribution in [0.5, 0.6) is 0 Å². The predicted octanol–water partition coefficient (Wildman–Crippen LogP) is 3.62. The molecule has 0 atom stereocenters. The Morgan fingerprint density at radius 2 is 2.12 bits per heavy atom. The zero-order chi connectivity index (χ0) is 16.7. The van der Waals surface area contributed by atoms with E-state index >= 15 is 0 Å². The van der Waals surface area contributed by atoms with Crippen molar-refractivity contribution in [3.63, 3.8) is 0 Å². The maximum Gasteiger partial charge on any atom is 0.191 e. The van der Waals surface area contributed by atoms with E-state index in [9.17, 15) is 0 Å². The SMILES string of the molecule is CC(C)n1cnnc1SCc1nc(N)c2c3c(sc2n1)CCCC3. The van der Waals surface area contributed by atoms with Crippen molar-refractivity contribution in [3.05, 3.63) is 22.6 Å². The van der Waals surface area contributed by atoms with Gasteiger partial charge in [0.15, 0.2) is 5.16 Å². The largest absolute Gasteiger partial charge is 0.383 e. The van der Waals surface area contributed by atoms with Crippen molar-refractivity contribution in [3.8, 4) is 0 Å². The molecule has 1 aliphatic carbocycles. The lowest BCUT2D eigenvalue weighted by molar-refractivity contribution is 0.549. The van der Waals surface area contributed by atoms with E-state index in [1.165, 1.54) is 23.3 Å². The molecule has 0 spiro atoms. The number of anilines is 1. The number of nitrogen functional groups attached to an aromatic ring is 1. The average molecular weight is 361 g/mol. The molecule has 126 valence electrons. The standard InChI is InChI=1S/C16H20N6S2/c1-9(2)22-8-18-21-16(22)23-7-12-19-14(17)13-10-5-3-4-6-11(10)24-15(13)20-12/h8-9H,3-7H2,1-2H3,(H2,17,19,20). The smallest absolute Gasteiger partial charge is 0.191 e. The topological polar surface area (TPSA) is 82.5 Å². The van der Waals surface area contributed by atoms with Crippen LogP contribution < -0.4 is 5.73 Å². The Hall–Kier alpha value is -1.67. The van der Waals surface area contributed by atoms with Crippen LogP contribution >= 0.6 is 23.1 Å². The monoisotopic (exact) mass is 360 g/mol. The molecular formula is C16H20N6S2. The molecule has 0 amide bonds. The third-order valence-corrected chi connectivity index (χ3v) is 6.45. The van der Waals surface area contributed by atoms with Gasteiger partial charge in [-0.3, -0.25) is 0 Å². The van der Waals surface area contributed by atoms with Gasteiger partial charge in [-0.25, -0.2) is 9.97 Å². The van der Waals surface area contributed by atoms with Gasteiger partial charge in [-0.05, 0) is 45.1 Å². The van der Waals surface area contributed by atoms with Crippen LogP contribution in [0.15, 0.2) is 11.5 Å². The molecule has 0 saturated carbocycles. The molecule has 6 nitrogen and oxygen atoms in total. The van der Waals surface area contributed by atoms with Gasteiger partial charge in [0, 0.05) is 10.9 Å². The number of rotatable bonds is 4. The lowest BCUT2D eigenvalue weighted by Gasteiger charge is -2.11. The summed E-state index contributed by atoms with van der Waals surface area (Å²) in [6.07, 6.45) is 6.52. The first kappa shape index (κ1) is 15.8. The number of hydrogen-bond acceptors (Lipinski definition) is 7. The van der Waals surface area contributed by atoms with Crippen molar-refractivity contribution in [2.75, 3.05) is 5.73 Å². The van der Waals surface area contributed by atoms with Gasteiger partial charge in [0.2, 0.25) is 0 Å². The van der Waals surface area contributed by atoms with Gasteiger partial charge in [0.05, 0.1) is 11.1 Å². The molecule has 4 rings (SSSR count). The molecule has 0 bridgehead atoms. The van der Waals surface area contributed by atoms with Crippen molar-refractivity contribution in [2.45, 2.75) is 56.5 Å². The minimum absolute atomic E-state index is 0.333. The van der Waals surface area contributed by atoms with E-state index in [4.69, 9.17) is 10.7 Å². The summed E-state index contributed by atoms with van der Waals surface area (Å²) >= 11 is 3.39. The third-order valence-electron chi connectivity index (χ3n) is 4.32. The molecule has 1 aliphatic rings. The molecular weight excluding hydrogens is 340 g/mol. The second kappa shape index (κ2) is 6.33. The summed E-state index contributed by atoms with van der Waals surface area (Å²) in [5.41, 5.74) is 7.65. The maximum atomic E-state index is 6.27. The molecule has 0 fully saturated rings. The summed E-state index contributed by atoms with van der Waals surface area (Å²) in [5.74, 6) is 2.04. The predicted molar refractivity (Wildman–Crippen MR) is 98.4 cm³/mol. The Morgan fingerprint density at radius 1 is 1.29 bits per heavy atom. The van der Waals surface area contributed by atoms with E-state index in [2.05, 4.69) is 33.6 Å². The number of fused-ring (bicyclic) bond motifs is 3. The molecule has 3 aromatic rings. The Balaban J connectivity index is 1.62. The normalized spacial score (nSPS) is 14.5. The Morgan fingerprint density at radius 3 is 2.96 bits per heavy atom. The van der Waals surface area contributed by atoms with Gasteiger partial charge in [-0.15, -0.1) is 21.5 Å². The number of aryl methyl sites for hydroxylation is 2. The highest BCUT2D eigenvalue weighted by atomic mass is 32.2. The molecule has 0 aromatic carbocycles. The quantitative estimate of drug-likeness (QED) is 0.716. The fraction of sp³-hybridized carbons (Fsp3) is 0.500. The van der Waals surface area contributed by atoms with E-state index in [1.54, 1.807) is 29.4 Å². The first-order chi connectivity index (χ1) is 11.6. The summed E-state index contributed by atoms with van der Waals surface area (Å²) < 4.78 is 2.05. The van der Waals surface area contributed by atoms with E-state index in [0.717, 1.165) is 34.0 Å². The van der Waals surface area contributed by atoms with Crippen LogP contribution in [0.4, 0.5) is 5.82 Å². The Bertz CT molecular complexity index is 882. The summed E-state index contributed by atoms with van der Waals surface area (Å²) in [5, 5.41) is 10.2. The van der Waals surface area contributed by atoms with Crippen molar-refractivity contribution in [2.24, 2.45) is 0 Å². The van der Waals surface area contributed by atoms with Crippen molar-refractivity contribution < 1.29 is 0 Å². The van der Waals surface area contributed by atoms with E-state index in [-0.39, 0.29) is 0 Å². The highest BCUT2D eigenvalue weighted by Gasteiger charge is 2.20. The highest BCUT2D eigenvalue weighted by molar-refractivity contribution is 7.98. The molecule has 8 heteroatoms. The second-order valence-electron chi connectivity index (χ2n) is 6.32. The van der Waals surface area contributed by atoms with Crippen molar-refractivity contribution in [1.29, 1.82) is 0 Å². The number of hydrogen-bond donors (Lipinski definition) is 1. The van der Waals surface area contributed by atoms with Crippen LogP contribution in [0.3, 0.4) is 0 Å². The fourth-order valence-corrected chi connectivity index (χ4v) is 5.30. The summed E-state index contributed by atoms with van der Waals surface area (Å²) in [6, 6.07) is 0.333. The van der Waals surface area contributed by atoms with Gasteiger partial charge < -0.3 is 10.3 Å². The van der Waals surface area contributed by atoms with E-state index in [1.807, 2.05) is 0 Å². The molecule has 3 aromatic heterocycles. The molecule has 0 unspecified atom stereocenters. The highest BCUT2D eigenvalue weighted by Crippen LogP contribution is 2.38. The maximum absolute atomic E-state index is 6.27. The van der Waals surface area contributed by atoms with Crippen LogP contribution in [0.1, 0.15) is 49.0 Å². The summed E-state index contributed by atoms with van der Waals surface area (Å²) in [4.78, 5) is 11.8. The molecule has 0 radical (unpaired) electrons. The number of nitrogens with zero attached hydrogens (tertiary/aromatic N) is 5. The van der Waals surface area contributed by atoms with Crippen LogP contribution in [0.2, 0.25) is 0 Å². The number of aromatic nitrogens is 5. The van der Waals surface area contributed by atoms with Gasteiger partial charge in [0.1, 0.15) is 22.8 Å². The minimum atomic E-state index is 0.333. The van der Waals surface area contributed by atoms with Gasteiger partial charge in [-0.1, -0.05) is 11.8 Å². The van der Waals surface area contributed by atoms with Crippen LogP contribution in [-0.2, 0) is 18.6 Å². The van der Waals surface area contributed by atoms with Crippen molar-refractivity contribution >= 4 is 39.1 Å². The minimum Gasteiger partial charge on any atom is -0.383 e. The number of nitrogens with two attached hydrogens (primary N) is 1. The van der Waals surface area contributed by atoms with Crippen molar-refractivity contribution in [1.82, 2.24) is 24.7 Å². The van der Waals surface area contributed by atoms with Crippen LogP contribution in [-0.4, -0.2) is 24.7 Å².